The predicted molar refractivity (Wildman–Crippen MR) is 91.1 cm³/mol. The van der Waals surface area contributed by atoms with Gasteiger partial charge in [0.1, 0.15) is 0 Å². The van der Waals surface area contributed by atoms with E-state index >= 15 is 0 Å². The Balaban J connectivity index is 1.88. The van der Waals surface area contributed by atoms with Gasteiger partial charge in [-0.3, -0.25) is 9.69 Å². The van der Waals surface area contributed by atoms with Gasteiger partial charge in [-0.05, 0) is 78.9 Å². The molecule has 2 aliphatic heterocycles. The predicted octanol–water partition coefficient (Wildman–Crippen LogP) is 1.05. The van der Waals surface area contributed by atoms with E-state index in [0.29, 0.717) is 6.42 Å². The quantitative estimate of drug-likeness (QED) is 0.690. The first-order valence-corrected chi connectivity index (χ1v) is 9.01. The van der Waals surface area contributed by atoms with Crippen LogP contribution < -0.4 is 10.6 Å². The fourth-order valence-corrected chi connectivity index (χ4v) is 3.79. The third-order valence-electron chi connectivity index (χ3n) is 5.39. The lowest BCUT2D eigenvalue weighted by Gasteiger charge is -2.50. The minimum absolute atomic E-state index is 0.200. The minimum Gasteiger partial charge on any atom is -0.354 e. The summed E-state index contributed by atoms with van der Waals surface area (Å²) in [5, 5.41) is 6.34. The van der Waals surface area contributed by atoms with Crippen LogP contribution in [-0.2, 0) is 4.79 Å². The SMILES string of the molecule is CNCCCC(=O)NCC1(N2CCCCC2)CCN(C)CC1. The summed E-state index contributed by atoms with van der Waals surface area (Å²) >= 11 is 0. The maximum atomic E-state index is 12.1. The van der Waals surface area contributed by atoms with Crippen LogP contribution in [0.1, 0.15) is 44.9 Å². The molecule has 2 rings (SSSR count). The van der Waals surface area contributed by atoms with Crippen molar-refractivity contribution < 1.29 is 4.79 Å². The lowest BCUT2D eigenvalue weighted by atomic mass is 9.84. The lowest BCUT2D eigenvalue weighted by Crippen LogP contribution is -2.61. The zero-order valence-electron chi connectivity index (χ0n) is 14.5. The second kappa shape index (κ2) is 8.85. The summed E-state index contributed by atoms with van der Waals surface area (Å²) in [6.07, 6.45) is 7.91. The Morgan fingerprint density at radius 1 is 1.09 bits per heavy atom. The van der Waals surface area contributed by atoms with Crippen LogP contribution in [0.3, 0.4) is 0 Å². The second-order valence-corrected chi connectivity index (χ2v) is 7.06. The van der Waals surface area contributed by atoms with Gasteiger partial charge >= 0.3 is 0 Å². The van der Waals surface area contributed by atoms with Crippen LogP contribution in [-0.4, -0.2) is 74.6 Å². The van der Waals surface area contributed by atoms with E-state index in [1.165, 1.54) is 45.2 Å². The van der Waals surface area contributed by atoms with Gasteiger partial charge in [-0.25, -0.2) is 0 Å². The van der Waals surface area contributed by atoms with Gasteiger partial charge in [0, 0.05) is 18.5 Å². The molecule has 2 heterocycles. The number of rotatable bonds is 7. The first kappa shape index (κ1) is 17.7. The van der Waals surface area contributed by atoms with Crippen molar-refractivity contribution in [2.45, 2.75) is 50.5 Å². The average molecular weight is 310 g/mol. The van der Waals surface area contributed by atoms with Gasteiger partial charge in [0.2, 0.25) is 5.91 Å². The first-order chi connectivity index (χ1) is 10.7. The summed E-state index contributed by atoms with van der Waals surface area (Å²) in [4.78, 5) is 17.2. The molecule has 2 aliphatic rings. The highest BCUT2D eigenvalue weighted by atomic mass is 16.1. The van der Waals surface area contributed by atoms with E-state index in [9.17, 15) is 4.79 Å². The van der Waals surface area contributed by atoms with Crippen LogP contribution in [0, 0.1) is 0 Å². The first-order valence-electron chi connectivity index (χ1n) is 9.01. The van der Waals surface area contributed by atoms with Crippen LogP contribution >= 0.6 is 0 Å². The number of carbonyl (C=O) groups is 1. The lowest BCUT2D eigenvalue weighted by molar-refractivity contribution is -0.122. The number of carbonyl (C=O) groups excluding carboxylic acids is 1. The molecule has 0 aromatic heterocycles. The Labute approximate surface area is 135 Å². The molecule has 0 radical (unpaired) electrons. The molecule has 5 heteroatoms. The normalized spacial score (nSPS) is 23.4. The molecule has 1 amide bonds. The topological polar surface area (TPSA) is 47.6 Å². The fourth-order valence-electron chi connectivity index (χ4n) is 3.79. The van der Waals surface area contributed by atoms with E-state index in [1.54, 1.807) is 0 Å². The number of likely N-dealkylation sites (tertiary alicyclic amines) is 2. The molecule has 2 N–H and O–H groups in total. The van der Waals surface area contributed by atoms with E-state index in [1.807, 2.05) is 7.05 Å². The summed E-state index contributed by atoms with van der Waals surface area (Å²) in [5.41, 5.74) is 0.200. The van der Waals surface area contributed by atoms with Gasteiger partial charge in [-0.2, -0.15) is 0 Å². The van der Waals surface area contributed by atoms with Gasteiger partial charge < -0.3 is 15.5 Å². The van der Waals surface area contributed by atoms with E-state index in [-0.39, 0.29) is 11.4 Å². The van der Waals surface area contributed by atoms with Crippen LogP contribution in [0.4, 0.5) is 0 Å². The Kier molecular flexibility index (Phi) is 7.12. The zero-order valence-corrected chi connectivity index (χ0v) is 14.5. The molecule has 0 aliphatic carbocycles. The maximum absolute atomic E-state index is 12.1. The monoisotopic (exact) mass is 310 g/mol. The number of piperidine rings is 2. The van der Waals surface area contributed by atoms with Gasteiger partial charge in [0.15, 0.2) is 0 Å². The third kappa shape index (κ3) is 4.93. The number of nitrogens with one attached hydrogen (secondary N) is 2. The van der Waals surface area contributed by atoms with E-state index in [4.69, 9.17) is 0 Å². The van der Waals surface area contributed by atoms with E-state index in [0.717, 1.165) is 32.6 Å². The summed E-state index contributed by atoms with van der Waals surface area (Å²) < 4.78 is 0. The van der Waals surface area contributed by atoms with E-state index < -0.39 is 0 Å². The second-order valence-electron chi connectivity index (χ2n) is 7.06. The maximum Gasteiger partial charge on any atom is 0.220 e. The molecule has 2 saturated heterocycles. The van der Waals surface area contributed by atoms with Crippen molar-refractivity contribution in [3.8, 4) is 0 Å². The van der Waals surface area contributed by atoms with Crippen molar-refractivity contribution >= 4 is 5.91 Å². The highest BCUT2D eigenvalue weighted by Crippen LogP contribution is 2.30. The van der Waals surface area contributed by atoms with Crippen molar-refractivity contribution in [3.63, 3.8) is 0 Å². The van der Waals surface area contributed by atoms with Crippen molar-refractivity contribution in [2.75, 3.05) is 53.4 Å². The van der Waals surface area contributed by atoms with Crippen LogP contribution in [0.25, 0.3) is 0 Å². The smallest absolute Gasteiger partial charge is 0.220 e. The molecule has 128 valence electrons. The highest BCUT2D eigenvalue weighted by molar-refractivity contribution is 5.75. The Morgan fingerprint density at radius 3 is 2.41 bits per heavy atom. The summed E-state index contributed by atoms with van der Waals surface area (Å²) in [6.45, 7) is 6.45. The summed E-state index contributed by atoms with van der Waals surface area (Å²) in [6, 6.07) is 0. The van der Waals surface area contributed by atoms with Crippen molar-refractivity contribution in [1.29, 1.82) is 0 Å². The number of hydrogen-bond donors (Lipinski definition) is 2. The molecule has 0 aromatic rings. The molecule has 0 spiro atoms. The Hall–Kier alpha value is -0.650. The number of hydrogen-bond acceptors (Lipinski definition) is 4. The third-order valence-corrected chi connectivity index (χ3v) is 5.39. The Morgan fingerprint density at radius 2 is 1.77 bits per heavy atom. The van der Waals surface area contributed by atoms with Gasteiger partial charge in [-0.15, -0.1) is 0 Å². The molecule has 0 atom stereocenters. The molecular formula is C17H34N4O. The van der Waals surface area contributed by atoms with Crippen LogP contribution in [0.15, 0.2) is 0 Å². The molecule has 2 fully saturated rings. The molecule has 0 saturated carbocycles. The summed E-state index contributed by atoms with van der Waals surface area (Å²) in [7, 11) is 4.14. The van der Waals surface area contributed by atoms with Crippen LogP contribution in [0.2, 0.25) is 0 Å². The van der Waals surface area contributed by atoms with Crippen molar-refractivity contribution in [2.24, 2.45) is 0 Å². The van der Waals surface area contributed by atoms with Gasteiger partial charge in [-0.1, -0.05) is 6.42 Å². The van der Waals surface area contributed by atoms with Gasteiger partial charge in [0.25, 0.3) is 0 Å². The van der Waals surface area contributed by atoms with Crippen molar-refractivity contribution in [3.05, 3.63) is 0 Å². The number of nitrogens with zero attached hydrogens (tertiary/aromatic N) is 2. The molecular weight excluding hydrogens is 276 g/mol. The standard InChI is InChI=1S/C17H34N4O/c1-18-10-6-7-16(22)19-15-17(8-13-20(2)14-9-17)21-11-4-3-5-12-21/h18H,3-15H2,1-2H3,(H,19,22). The molecule has 0 unspecified atom stereocenters. The zero-order chi connectivity index (χ0) is 15.8. The average Bonchev–Trinajstić information content (AvgIpc) is 2.56. The van der Waals surface area contributed by atoms with Crippen LogP contribution in [0.5, 0.6) is 0 Å². The Bertz CT molecular complexity index is 334. The highest BCUT2D eigenvalue weighted by Gasteiger charge is 2.39. The van der Waals surface area contributed by atoms with Crippen molar-refractivity contribution in [1.82, 2.24) is 20.4 Å². The molecule has 22 heavy (non-hydrogen) atoms. The molecule has 0 aromatic carbocycles. The largest absolute Gasteiger partial charge is 0.354 e. The van der Waals surface area contributed by atoms with Gasteiger partial charge in [0.05, 0.1) is 0 Å². The fraction of sp³-hybridized carbons (Fsp3) is 0.941. The minimum atomic E-state index is 0.200. The number of amides is 1. The summed E-state index contributed by atoms with van der Waals surface area (Å²) in [5.74, 6) is 0.213. The van der Waals surface area contributed by atoms with E-state index in [2.05, 4.69) is 27.5 Å². The molecule has 5 nitrogen and oxygen atoms in total. The molecule has 0 bridgehead atoms.